The fraction of sp³-hybridized carbons (Fsp3) is 0.417. The average molecular weight is 254 g/mol. The van der Waals surface area contributed by atoms with Crippen molar-refractivity contribution in [2.75, 3.05) is 7.05 Å². The zero-order valence-corrected chi connectivity index (χ0v) is 9.97. The van der Waals surface area contributed by atoms with Gasteiger partial charge in [0.1, 0.15) is 5.82 Å². The van der Waals surface area contributed by atoms with Gasteiger partial charge in [-0.2, -0.15) is 5.06 Å². The summed E-state index contributed by atoms with van der Waals surface area (Å²) in [5, 5.41) is 12.4. The van der Waals surface area contributed by atoms with Gasteiger partial charge in [0.15, 0.2) is 6.23 Å². The van der Waals surface area contributed by atoms with Gasteiger partial charge in [-0.3, -0.25) is 5.21 Å². The van der Waals surface area contributed by atoms with Crippen LogP contribution in [0, 0.1) is 5.82 Å². The van der Waals surface area contributed by atoms with Crippen LogP contribution in [0.25, 0.3) is 0 Å². The summed E-state index contributed by atoms with van der Waals surface area (Å²) in [6.45, 7) is 0. The molecule has 1 aliphatic rings. The first kappa shape index (κ1) is 12.8. The van der Waals surface area contributed by atoms with E-state index >= 15 is 0 Å². The molecule has 2 N–H and O–H groups in total. The summed E-state index contributed by atoms with van der Waals surface area (Å²) in [7, 11) is 1.43. The molecule has 0 spiro atoms. The molecule has 1 aromatic rings. The van der Waals surface area contributed by atoms with Crippen LogP contribution < -0.4 is 5.32 Å². The minimum atomic E-state index is -0.667. The van der Waals surface area contributed by atoms with Gasteiger partial charge in [0.2, 0.25) is 0 Å². The summed E-state index contributed by atoms with van der Waals surface area (Å²) in [4.78, 5) is 11.2. The molecule has 2 atom stereocenters. The van der Waals surface area contributed by atoms with E-state index in [0.717, 1.165) is 5.56 Å². The molecule has 1 heterocycles. The zero-order chi connectivity index (χ0) is 13.1. The number of nitrogens with zero attached hydrogens (tertiary/aromatic N) is 1. The van der Waals surface area contributed by atoms with E-state index in [1.54, 1.807) is 12.1 Å². The number of hydroxylamine groups is 2. The lowest BCUT2D eigenvalue weighted by Crippen LogP contribution is -2.42. The van der Waals surface area contributed by atoms with Crippen molar-refractivity contribution in [1.29, 1.82) is 0 Å². The Kier molecular flexibility index (Phi) is 3.78. The summed E-state index contributed by atoms with van der Waals surface area (Å²) in [6, 6.07) is 5.40. The summed E-state index contributed by atoms with van der Waals surface area (Å²) in [5.41, 5.74) is 0.837. The van der Waals surface area contributed by atoms with Crippen LogP contribution in [-0.4, -0.2) is 29.6 Å². The lowest BCUT2D eigenvalue weighted by atomic mass is 10.1. The maximum Gasteiger partial charge on any atom is 0.343 e. The van der Waals surface area contributed by atoms with Crippen molar-refractivity contribution in [3.8, 4) is 0 Å². The van der Waals surface area contributed by atoms with Crippen LogP contribution in [0.3, 0.4) is 0 Å². The number of ether oxygens (including phenoxy) is 1. The van der Waals surface area contributed by atoms with Crippen molar-refractivity contribution in [3.05, 3.63) is 35.6 Å². The van der Waals surface area contributed by atoms with E-state index in [1.165, 1.54) is 19.2 Å². The van der Waals surface area contributed by atoms with Gasteiger partial charge in [-0.1, -0.05) is 12.1 Å². The molecule has 2 rings (SSSR count). The molecule has 2 amide bonds. The van der Waals surface area contributed by atoms with Crippen molar-refractivity contribution >= 4 is 6.03 Å². The highest BCUT2D eigenvalue weighted by Gasteiger charge is 2.32. The normalized spacial score (nSPS) is 22.8. The van der Waals surface area contributed by atoms with E-state index in [9.17, 15) is 14.4 Å². The van der Waals surface area contributed by atoms with Crippen LogP contribution in [0.1, 0.15) is 24.5 Å². The van der Waals surface area contributed by atoms with E-state index in [4.69, 9.17) is 4.74 Å². The first-order valence-corrected chi connectivity index (χ1v) is 5.72. The Balaban J connectivity index is 2.00. The fourth-order valence-corrected chi connectivity index (χ4v) is 1.97. The fourth-order valence-electron chi connectivity index (χ4n) is 1.97. The molecule has 6 heteroatoms. The van der Waals surface area contributed by atoms with Crippen LogP contribution in [0.2, 0.25) is 0 Å². The summed E-state index contributed by atoms with van der Waals surface area (Å²) in [6.07, 6.45) is 0.311. The van der Waals surface area contributed by atoms with E-state index in [-0.39, 0.29) is 11.9 Å². The van der Waals surface area contributed by atoms with Gasteiger partial charge in [-0.25, -0.2) is 9.18 Å². The van der Waals surface area contributed by atoms with Gasteiger partial charge in [0.05, 0.1) is 6.10 Å². The van der Waals surface area contributed by atoms with Crippen molar-refractivity contribution in [1.82, 2.24) is 10.4 Å². The molecular formula is C12H15FN2O3. The molecule has 0 aliphatic carbocycles. The third-order valence-corrected chi connectivity index (χ3v) is 2.93. The average Bonchev–Trinajstić information content (AvgIpc) is 2.87. The molecule has 18 heavy (non-hydrogen) atoms. The Morgan fingerprint density at radius 2 is 2.11 bits per heavy atom. The first-order valence-electron chi connectivity index (χ1n) is 5.72. The third kappa shape index (κ3) is 2.60. The Morgan fingerprint density at radius 3 is 2.72 bits per heavy atom. The third-order valence-electron chi connectivity index (χ3n) is 2.93. The number of hydrogen-bond acceptors (Lipinski definition) is 3. The van der Waals surface area contributed by atoms with E-state index < -0.39 is 12.3 Å². The Morgan fingerprint density at radius 1 is 1.44 bits per heavy atom. The van der Waals surface area contributed by atoms with E-state index in [1.807, 2.05) is 0 Å². The van der Waals surface area contributed by atoms with Crippen molar-refractivity contribution < 1.29 is 19.1 Å². The number of nitrogens with one attached hydrogen (secondary N) is 1. The molecule has 1 aliphatic heterocycles. The largest absolute Gasteiger partial charge is 0.348 e. The topological polar surface area (TPSA) is 61.8 Å². The second-order valence-corrected chi connectivity index (χ2v) is 4.11. The van der Waals surface area contributed by atoms with E-state index in [0.29, 0.717) is 17.9 Å². The van der Waals surface area contributed by atoms with Crippen LogP contribution in [0.15, 0.2) is 24.3 Å². The predicted molar refractivity (Wildman–Crippen MR) is 61.3 cm³/mol. The van der Waals surface area contributed by atoms with Gasteiger partial charge < -0.3 is 10.1 Å². The summed E-state index contributed by atoms with van der Waals surface area (Å²) >= 11 is 0. The number of carbonyl (C=O) groups excluding carboxylic acids is 1. The molecule has 0 saturated carbocycles. The van der Waals surface area contributed by atoms with Gasteiger partial charge in [-0.15, -0.1) is 0 Å². The van der Waals surface area contributed by atoms with E-state index in [2.05, 4.69) is 5.32 Å². The van der Waals surface area contributed by atoms with Crippen molar-refractivity contribution in [2.45, 2.75) is 25.2 Å². The second kappa shape index (κ2) is 5.32. The Labute approximate surface area is 104 Å². The molecule has 98 valence electrons. The molecule has 1 saturated heterocycles. The Hall–Kier alpha value is -1.66. The minimum Gasteiger partial charge on any atom is -0.348 e. The first-order chi connectivity index (χ1) is 8.61. The van der Waals surface area contributed by atoms with Crippen molar-refractivity contribution in [3.63, 3.8) is 0 Å². The summed E-state index contributed by atoms with van der Waals surface area (Å²) < 4.78 is 18.4. The highest BCUT2D eigenvalue weighted by atomic mass is 19.1. The van der Waals surface area contributed by atoms with Crippen LogP contribution >= 0.6 is 0 Å². The highest BCUT2D eigenvalue weighted by molar-refractivity contribution is 5.72. The predicted octanol–water partition coefficient (Wildman–Crippen LogP) is 2.03. The zero-order valence-electron chi connectivity index (χ0n) is 9.97. The smallest absolute Gasteiger partial charge is 0.343 e. The van der Waals surface area contributed by atoms with Gasteiger partial charge in [0, 0.05) is 7.05 Å². The minimum absolute atomic E-state index is 0.227. The standard InChI is InChI=1S/C12H15FN2O3/c1-14-12(16)15(17)11-7-6-10(18-11)8-2-4-9(13)5-3-8/h2-5,10-11,17H,6-7H2,1H3,(H,14,16)/t10-,11-/m0/s1. The number of halogens is 1. The van der Waals surface area contributed by atoms with Crippen LogP contribution in [0.4, 0.5) is 9.18 Å². The van der Waals surface area contributed by atoms with Crippen molar-refractivity contribution in [2.24, 2.45) is 0 Å². The maximum atomic E-state index is 12.8. The van der Waals surface area contributed by atoms with Gasteiger partial charge in [-0.05, 0) is 30.5 Å². The lowest BCUT2D eigenvalue weighted by Gasteiger charge is -2.21. The van der Waals surface area contributed by atoms with Crippen LogP contribution in [0.5, 0.6) is 0 Å². The monoisotopic (exact) mass is 254 g/mol. The SMILES string of the molecule is CNC(=O)N(O)[C@@H]1CC[C@@H](c2ccc(F)cc2)O1. The molecule has 0 aromatic heterocycles. The molecule has 1 aromatic carbocycles. The summed E-state index contributed by atoms with van der Waals surface area (Å²) in [5.74, 6) is -0.303. The molecule has 0 radical (unpaired) electrons. The highest BCUT2D eigenvalue weighted by Crippen LogP contribution is 2.33. The maximum absolute atomic E-state index is 12.8. The van der Waals surface area contributed by atoms with Crippen LogP contribution in [-0.2, 0) is 4.74 Å². The Bertz CT molecular complexity index is 424. The van der Waals surface area contributed by atoms with Gasteiger partial charge >= 0.3 is 6.03 Å². The number of benzene rings is 1. The van der Waals surface area contributed by atoms with Gasteiger partial charge in [0.25, 0.3) is 0 Å². The molecular weight excluding hydrogens is 239 g/mol. The molecule has 0 bridgehead atoms. The number of hydrogen-bond donors (Lipinski definition) is 2. The number of urea groups is 1. The number of amides is 2. The number of carbonyl (C=O) groups is 1. The second-order valence-electron chi connectivity index (χ2n) is 4.11. The quantitative estimate of drug-likeness (QED) is 0.627. The molecule has 0 unspecified atom stereocenters. The lowest BCUT2D eigenvalue weighted by molar-refractivity contribution is -0.172. The number of rotatable bonds is 2. The molecule has 5 nitrogen and oxygen atoms in total. The molecule has 1 fully saturated rings.